The van der Waals surface area contributed by atoms with Crippen LogP contribution in [0.15, 0.2) is 35.3 Å². The van der Waals surface area contributed by atoms with Crippen molar-refractivity contribution in [3.05, 3.63) is 58.9 Å². The zero-order valence-corrected chi connectivity index (χ0v) is 11.5. The Morgan fingerprint density at radius 1 is 1.22 bits per heavy atom. The molecule has 0 heterocycles. The van der Waals surface area contributed by atoms with E-state index in [0.717, 1.165) is 12.1 Å². The third kappa shape index (κ3) is 2.94. The number of phenolic OH excluding ortho intramolecular Hbond substituents is 1. The largest absolute Gasteiger partial charge is 0.507 e. The van der Waals surface area contributed by atoms with Gasteiger partial charge in [0.05, 0.1) is 12.1 Å². The normalized spacial score (nSPS) is 9.96. The van der Waals surface area contributed by atoms with E-state index in [1.807, 2.05) is 0 Å². The van der Waals surface area contributed by atoms with E-state index in [9.17, 15) is 18.7 Å². The Kier molecular flexibility index (Phi) is 4.23. The van der Waals surface area contributed by atoms with Gasteiger partial charge in [-0.3, -0.25) is 4.79 Å². The molecule has 2 rings (SSSR count). The zero-order valence-electron chi connectivity index (χ0n) is 11.5. The number of rotatable bonds is 2. The molecular weight excluding hydrogens is 306 g/mol. The molecule has 6 nitrogen and oxygen atoms in total. The van der Waals surface area contributed by atoms with Gasteiger partial charge >= 0.3 is 0 Å². The highest BCUT2D eigenvalue weighted by Gasteiger charge is 2.24. The van der Waals surface area contributed by atoms with E-state index >= 15 is 0 Å². The number of carbonyl (C=O) groups is 1. The van der Waals surface area contributed by atoms with Crippen LogP contribution >= 0.6 is 0 Å². The first-order valence-corrected chi connectivity index (χ1v) is 6.18. The fourth-order valence-corrected chi connectivity index (χ4v) is 2.03. The number of carbonyl (C=O) groups excluding carboxylic acids is 1. The maximum Gasteiger partial charge on any atom is 0.283 e. The van der Waals surface area contributed by atoms with Crippen LogP contribution in [0.5, 0.6) is 5.75 Å². The van der Waals surface area contributed by atoms with Crippen LogP contribution in [-0.2, 0) is 0 Å². The molecule has 0 spiro atoms. The topological polar surface area (TPSA) is 106 Å². The standard InChI is InChI=1S/C15H10F2N4O2/c1-20-9-5-6-10(22)12(14(23)21-15(18)19)11(9)7-3-2-4-8(16)13(7)17/h2-6,22H,(H4,18,19,21,23). The number of aromatic hydroxyl groups is 1. The number of guanidine groups is 1. The van der Waals surface area contributed by atoms with Gasteiger partial charge in [0.15, 0.2) is 23.3 Å². The van der Waals surface area contributed by atoms with Crippen LogP contribution < -0.4 is 11.5 Å². The molecule has 0 radical (unpaired) electrons. The second-order valence-corrected chi connectivity index (χ2v) is 4.41. The third-order valence-electron chi connectivity index (χ3n) is 2.95. The molecule has 0 saturated carbocycles. The number of nitrogens with two attached hydrogens (primary N) is 2. The SMILES string of the molecule is [C-]#[N+]c1ccc(O)c(C(=O)N=C(N)N)c1-c1cccc(F)c1F. The molecule has 8 heteroatoms. The van der Waals surface area contributed by atoms with Crippen molar-refractivity contribution >= 4 is 17.6 Å². The summed E-state index contributed by atoms with van der Waals surface area (Å²) in [7, 11) is 0. The fourth-order valence-electron chi connectivity index (χ4n) is 2.03. The number of hydrogen-bond acceptors (Lipinski definition) is 2. The lowest BCUT2D eigenvalue weighted by atomic mass is 9.95. The van der Waals surface area contributed by atoms with Crippen molar-refractivity contribution in [1.82, 2.24) is 0 Å². The second-order valence-electron chi connectivity index (χ2n) is 4.41. The highest BCUT2D eigenvalue weighted by Crippen LogP contribution is 2.40. The molecule has 0 aliphatic carbocycles. The Balaban J connectivity index is 2.88. The Morgan fingerprint density at radius 3 is 2.52 bits per heavy atom. The summed E-state index contributed by atoms with van der Waals surface area (Å²) in [5.41, 5.74) is 8.95. The number of amides is 1. The predicted molar refractivity (Wildman–Crippen MR) is 79.9 cm³/mol. The first kappa shape index (κ1) is 15.9. The average Bonchev–Trinajstić information content (AvgIpc) is 2.49. The summed E-state index contributed by atoms with van der Waals surface area (Å²) in [6.07, 6.45) is 0. The van der Waals surface area contributed by atoms with Crippen LogP contribution in [0.1, 0.15) is 10.4 Å². The van der Waals surface area contributed by atoms with E-state index in [2.05, 4.69) is 9.84 Å². The van der Waals surface area contributed by atoms with Crippen LogP contribution in [0.2, 0.25) is 0 Å². The molecule has 5 N–H and O–H groups in total. The van der Waals surface area contributed by atoms with E-state index in [4.69, 9.17) is 18.0 Å². The fraction of sp³-hybridized carbons (Fsp3) is 0. The van der Waals surface area contributed by atoms with Crippen molar-refractivity contribution in [3.63, 3.8) is 0 Å². The third-order valence-corrected chi connectivity index (χ3v) is 2.95. The minimum absolute atomic E-state index is 0.165. The lowest BCUT2D eigenvalue weighted by Crippen LogP contribution is -2.24. The summed E-state index contributed by atoms with van der Waals surface area (Å²) < 4.78 is 27.6. The molecule has 0 saturated heterocycles. The van der Waals surface area contributed by atoms with Gasteiger partial charge in [0.25, 0.3) is 5.91 Å². The van der Waals surface area contributed by atoms with Gasteiger partial charge in [-0.05, 0) is 12.1 Å². The van der Waals surface area contributed by atoms with Crippen molar-refractivity contribution in [2.45, 2.75) is 0 Å². The van der Waals surface area contributed by atoms with Crippen molar-refractivity contribution in [2.75, 3.05) is 0 Å². The van der Waals surface area contributed by atoms with Gasteiger partial charge in [-0.2, -0.15) is 4.99 Å². The first-order valence-electron chi connectivity index (χ1n) is 6.18. The number of phenols is 1. The van der Waals surface area contributed by atoms with Gasteiger partial charge in [0.1, 0.15) is 5.75 Å². The number of benzene rings is 2. The molecular formula is C15H10F2N4O2. The van der Waals surface area contributed by atoms with Crippen molar-refractivity contribution in [2.24, 2.45) is 16.5 Å². The average molecular weight is 316 g/mol. The van der Waals surface area contributed by atoms with Crippen LogP contribution in [-0.4, -0.2) is 17.0 Å². The molecule has 0 fully saturated rings. The lowest BCUT2D eigenvalue weighted by Gasteiger charge is -2.12. The summed E-state index contributed by atoms with van der Waals surface area (Å²) in [4.78, 5) is 18.6. The molecule has 0 atom stereocenters. The highest BCUT2D eigenvalue weighted by atomic mass is 19.2. The van der Waals surface area contributed by atoms with E-state index in [1.165, 1.54) is 18.2 Å². The molecule has 116 valence electrons. The van der Waals surface area contributed by atoms with E-state index in [-0.39, 0.29) is 16.8 Å². The lowest BCUT2D eigenvalue weighted by molar-refractivity contribution is 0.100. The van der Waals surface area contributed by atoms with Gasteiger partial charge in [0, 0.05) is 11.1 Å². The number of halogens is 2. The summed E-state index contributed by atoms with van der Waals surface area (Å²) >= 11 is 0. The molecule has 23 heavy (non-hydrogen) atoms. The molecule has 2 aromatic carbocycles. The summed E-state index contributed by atoms with van der Waals surface area (Å²) in [5.74, 6) is -4.64. The molecule has 2 aromatic rings. The Labute approximate surface area is 129 Å². The number of hydrogen-bond donors (Lipinski definition) is 3. The minimum atomic E-state index is -1.26. The zero-order chi connectivity index (χ0) is 17.1. The Morgan fingerprint density at radius 2 is 1.91 bits per heavy atom. The van der Waals surface area contributed by atoms with Gasteiger partial charge in [0.2, 0.25) is 0 Å². The summed E-state index contributed by atoms with van der Waals surface area (Å²) in [5, 5.41) is 9.93. The van der Waals surface area contributed by atoms with Crippen LogP contribution in [0.3, 0.4) is 0 Å². The Hall–Kier alpha value is -3.47. The minimum Gasteiger partial charge on any atom is -0.507 e. The summed E-state index contributed by atoms with van der Waals surface area (Å²) in [6, 6.07) is 5.52. The smallest absolute Gasteiger partial charge is 0.283 e. The van der Waals surface area contributed by atoms with Crippen molar-refractivity contribution < 1.29 is 18.7 Å². The predicted octanol–water partition coefficient (Wildman–Crippen LogP) is 2.30. The van der Waals surface area contributed by atoms with Crippen LogP contribution in [0.4, 0.5) is 14.5 Å². The maximum absolute atomic E-state index is 14.1. The second kappa shape index (κ2) is 6.11. The summed E-state index contributed by atoms with van der Waals surface area (Å²) in [6.45, 7) is 7.14. The highest BCUT2D eigenvalue weighted by molar-refractivity contribution is 6.10. The van der Waals surface area contributed by atoms with Gasteiger partial charge in [-0.1, -0.05) is 18.2 Å². The molecule has 0 bridgehead atoms. The number of aliphatic imine (C=N–C) groups is 1. The van der Waals surface area contributed by atoms with Crippen LogP contribution in [0, 0.1) is 18.2 Å². The molecule has 1 amide bonds. The van der Waals surface area contributed by atoms with Gasteiger partial charge in [-0.15, -0.1) is 0 Å². The van der Waals surface area contributed by atoms with Gasteiger partial charge < -0.3 is 16.6 Å². The van der Waals surface area contributed by atoms with Crippen LogP contribution in [0.25, 0.3) is 16.0 Å². The van der Waals surface area contributed by atoms with E-state index in [1.54, 1.807) is 0 Å². The maximum atomic E-state index is 14.1. The number of nitrogens with zero attached hydrogens (tertiary/aromatic N) is 2. The van der Waals surface area contributed by atoms with Crippen molar-refractivity contribution in [1.29, 1.82) is 0 Å². The first-order chi connectivity index (χ1) is 10.9. The molecule has 0 aromatic heterocycles. The van der Waals surface area contributed by atoms with E-state index < -0.39 is 34.8 Å². The molecule has 0 unspecified atom stereocenters. The Bertz CT molecular complexity index is 869. The quantitative estimate of drug-likeness (QED) is 0.449. The van der Waals surface area contributed by atoms with E-state index in [0.29, 0.717) is 0 Å². The molecule has 0 aliphatic heterocycles. The van der Waals surface area contributed by atoms with Crippen molar-refractivity contribution in [3.8, 4) is 16.9 Å². The van der Waals surface area contributed by atoms with Gasteiger partial charge in [-0.25, -0.2) is 13.6 Å². The monoisotopic (exact) mass is 316 g/mol. The molecule has 0 aliphatic rings.